The van der Waals surface area contributed by atoms with Crippen molar-refractivity contribution < 1.29 is 0 Å². The van der Waals surface area contributed by atoms with Crippen LogP contribution in [0.25, 0.3) is 0 Å². The molecule has 1 aliphatic carbocycles. The monoisotopic (exact) mass is 237 g/mol. The summed E-state index contributed by atoms with van der Waals surface area (Å²) in [6, 6.07) is 4.27. The molecule has 0 bridgehead atoms. The maximum Gasteiger partial charge on any atom is 0.0475 e. The zero-order valence-corrected chi connectivity index (χ0v) is 10.9. The average Bonchev–Trinajstić information content (AvgIpc) is 2.74. The lowest BCUT2D eigenvalue weighted by atomic mass is 9.76. The molecule has 0 amide bonds. The molecule has 2 N–H and O–H groups in total. The van der Waals surface area contributed by atoms with Gasteiger partial charge in [-0.3, -0.25) is 0 Å². The summed E-state index contributed by atoms with van der Waals surface area (Å²) in [5.41, 5.74) is 9.95. The SMILES string of the molecule is Cc1ccc(C)c(C2(CN)CCCC2)c1Cl. The molecule has 1 fully saturated rings. The Kier molecular flexibility index (Phi) is 3.27. The summed E-state index contributed by atoms with van der Waals surface area (Å²) < 4.78 is 0. The van der Waals surface area contributed by atoms with Gasteiger partial charge in [0.1, 0.15) is 0 Å². The first-order valence-corrected chi connectivity index (χ1v) is 6.45. The van der Waals surface area contributed by atoms with Crippen molar-refractivity contribution in [1.29, 1.82) is 0 Å². The molecule has 0 radical (unpaired) electrons. The van der Waals surface area contributed by atoms with Gasteiger partial charge in [0, 0.05) is 17.0 Å². The fourth-order valence-electron chi connectivity index (χ4n) is 3.04. The third kappa shape index (κ3) is 1.76. The van der Waals surface area contributed by atoms with Gasteiger partial charge < -0.3 is 5.73 Å². The van der Waals surface area contributed by atoms with E-state index in [9.17, 15) is 0 Å². The van der Waals surface area contributed by atoms with Crippen molar-refractivity contribution in [1.82, 2.24) is 0 Å². The van der Waals surface area contributed by atoms with Gasteiger partial charge in [0.25, 0.3) is 0 Å². The van der Waals surface area contributed by atoms with Crippen LogP contribution in [0.2, 0.25) is 5.02 Å². The van der Waals surface area contributed by atoms with Crippen molar-refractivity contribution in [3.8, 4) is 0 Å². The molecule has 0 unspecified atom stereocenters. The highest BCUT2D eigenvalue weighted by Gasteiger charge is 2.37. The summed E-state index contributed by atoms with van der Waals surface area (Å²) >= 11 is 6.49. The zero-order chi connectivity index (χ0) is 11.8. The van der Waals surface area contributed by atoms with Gasteiger partial charge in [-0.1, -0.05) is 36.6 Å². The number of hydrogen-bond acceptors (Lipinski definition) is 1. The highest BCUT2D eigenvalue weighted by atomic mass is 35.5. The van der Waals surface area contributed by atoms with E-state index in [1.807, 2.05) is 0 Å². The molecule has 0 atom stereocenters. The van der Waals surface area contributed by atoms with Gasteiger partial charge in [0.2, 0.25) is 0 Å². The number of benzene rings is 1. The third-order valence-electron chi connectivity index (χ3n) is 4.03. The molecular weight excluding hydrogens is 218 g/mol. The topological polar surface area (TPSA) is 26.0 Å². The second kappa shape index (κ2) is 4.38. The Morgan fingerprint density at radius 3 is 2.31 bits per heavy atom. The first-order valence-electron chi connectivity index (χ1n) is 6.07. The summed E-state index contributed by atoms with van der Waals surface area (Å²) in [7, 11) is 0. The van der Waals surface area contributed by atoms with Crippen molar-refractivity contribution in [3.63, 3.8) is 0 Å². The summed E-state index contributed by atoms with van der Waals surface area (Å²) in [6.45, 7) is 4.94. The number of halogens is 1. The Hall–Kier alpha value is -0.530. The lowest BCUT2D eigenvalue weighted by Crippen LogP contribution is -2.33. The molecule has 0 aromatic heterocycles. The third-order valence-corrected chi connectivity index (χ3v) is 4.51. The molecule has 0 heterocycles. The number of nitrogens with two attached hydrogens (primary N) is 1. The molecule has 0 spiro atoms. The van der Waals surface area contributed by atoms with Crippen LogP contribution in [0, 0.1) is 13.8 Å². The summed E-state index contributed by atoms with van der Waals surface area (Å²) in [6.07, 6.45) is 4.93. The van der Waals surface area contributed by atoms with Gasteiger partial charge in [-0.25, -0.2) is 0 Å². The van der Waals surface area contributed by atoms with Crippen molar-refractivity contribution in [2.24, 2.45) is 5.73 Å². The Bertz CT molecular complexity index is 392. The molecule has 0 aliphatic heterocycles. The largest absolute Gasteiger partial charge is 0.330 e. The van der Waals surface area contributed by atoms with Crippen LogP contribution in [0.1, 0.15) is 42.4 Å². The summed E-state index contributed by atoms with van der Waals surface area (Å²) in [5.74, 6) is 0. The van der Waals surface area contributed by atoms with Crippen molar-refractivity contribution in [2.75, 3.05) is 6.54 Å². The van der Waals surface area contributed by atoms with E-state index < -0.39 is 0 Å². The maximum atomic E-state index is 6.49. The molecule has 2 heteroatoms. The van der Waals surface area contributed by atoms with Gasteiger partial charge in [0.15, 0.2) is 0 Å². The Balaban J connectivity index is 2.57. The fourth-order valence-corrected chi connectivity index (χ4v) is 3.45. The predicted octanol–water partition coefficient (Wildman–Crippen LogP) is 3.73. The van der Waals surface area contributed by atoms with Gasteiger partial charge in [0.05, 0.1) is 0 Å². The van der Waals surface area contributed by atoms with E-state index in [4.69, 9.17) is 17.3 Å². The van der Waals surface area contributed by atoms with Crippen LogP contribution in [-0.2, 0) is 5.41 Å². The van der Waals surface area contributed by atoms with Gasteiger partial charge in [-0.2, -0.15) is 0 Å². The van der Waals surface area contributed by atoms with Gasteiger partial charge in [-0.05, 0) is 43.4 Å². The standard InChI is InChI=1S/C14H20ClN/c1-10-5-6-11(2)13(15)12(10)14(9-16)7-3-4-8-14/h5-6H,3-4,7-9,16H2,1-2H3. The fraction of sp³-hybridized carbons (Fsp3) is 0.571. The highest BCUT2D eigenvalue weighted by molar-refractivity contribution is 6.32. The van der Waals surface area contributed by atoms with Gasteiger partial charge in [-0.15, -0.1) is 0 Å². The van der Waals surface area contributed by atoms with Crippen LogP contribution < -0.4 is 5.73 Å². The Morgan fingerprint density at radius 2 is 1.75 bits per heavy atom. The normalized spacial score (nSPS) is 19.0. The molecule has 2 rings (SSSR count). The molecule has 1 aliphatic rings. The molecule has 1 saturated carbocycles. The van der Waals surface area contributed by atoms with Crippen molar-refractivity contribution in [3.05, 3.63) is 33.8 Å². The van der Waals surface area contributed by atoms with Crippen molar-refractivity contribution >= 4 is 11.6 Å². The van der Waals surface area contributed by atoms with Gasteiger partial charge >= 0.3 is 0 Å². The first kappa shape index (κ1) is 11.9. The highest BCUT2D eigenvalue weighted by Crippen LogP contribution is 2.45. The van der Waals surface area contributed by atoms with E-state index in [0.29, 0.717) is 0 Å². The van der Waals surface area contributed by atoms with E-state index >= 15 is 0 Å². The van der Waals surface area contributed by atoms with Crippen LogP contribution in [0.5, 0.6) is 0 Å². The molecule has 1 aromatic rings. The van der Waals surface area contributed by atoms with Crippen LogP contribution in [-0.4, -0.2) is 6.54 Å². The minimum atomic E-state index is 0.146. The van der Waals surface area contributed by atoms with E-state index in [2.05, 4.69) is 26.0 Å². The molecule has 16 heavy (non-hydrogen) atoms. The Labute approximate surface area is 103 Å². The quantitative estimate of drug-likeness (QED) is 0.834. The van der Waals surface area contributed by atoms with E-state index in [0.717, 1.165) is 11.6 Å². The maximum absolute atomic E-state index is 6.49. The number of aryl methyl sites for hydroxylation is 2. The zero-order valence-electron chi connectivity index (χ0n) is 10.1. The molecule has 88 valence electrons. The molecule has 0 saturated heterocycles. The second-order valence-corrected chi connectivity index (χ2v) is 5.46. The molecule has 1 nitrogen and oxygen atoms in total. The average molecular weight is 238 g/mol. The minimum absolute atomic E-state index is 0.146. The summed E-state index contributed by atoms with van der Waals surface area (Å²) in [4.78, 5) is 0. The number of rotatable bonds is 2. The van der Waals surface area contributed by atoms with Crippen LogP contribution >= 0.6 is 11.6 Å². The van der Waals surface area contributed by atoms with E-state index in [-0.39, 0.29) is 5.41 Å². The minimum Gasteiger partial charge on any atom is -0.330 e. The van der Waals surface area contributed by atoms with E-state index in [1.54, 1.807) is 0 Å². The molecule has 1 aromatic carbocycles. The number of hydrogen-bond donors (Lipinski definition) is 1. The summed E-state index contributed by atoms with van der Waals surface area (Å²) in [5, 5.41) is 0.937. The lowest BCUT2D eigenvalue weighted by molar-refractivity contribution is 0.450. The first-order chi connectivity index (χ1) is 7.60. The predicted molar refractivity (Wildman–Crippen MR) is 70.1 cm³/mol. The van der Waals surface area contributed by atoms with Crippen LogP contribution in [0.4, 0.5) is 0 Å². The molecular formula is C14H20ClN. The van der Waals surface area contributed by atoms with Crippen LogP contribution in [0.15, 0.2) is 12.1 Å². The lowest BCUT2D eigenvalue weighted by Gasteiger charge is -2.31. The van der Waals surface area contributed by atoms with Crippen LogP contribution in [0.3, 0.4) is 0 Å². The Morgan fingerprint density at radius 1 is 1.19 bits per heavy atom. The smallest absolute Gasteiger partial charge is 0.0475 e. The van der Waals surface area contributed by atoms with Crippen molar-refractivity contribution in [2.45, 2.75) is 44.9 Å². The van der Waals surface area contributed by atoms with E-state index in [1.165, 1.54) is 42.4 Å². The second-order valence-electron chi connectivity index (χ2n) is 5.08.